The van der Waals surface area contributed by atoms with Crippen LogP contribution in [0.1, 0.15) is 20.8 Å². The highest BCUT2D eigenvalue weighted by atomic mass is 28.4. The average molecular weight is 204 g/mol. The molecule has 1 unspecified atom stereocenters. The number of aldehydes is 1. The third kappa shape index (κ3) is 4.02. The Morgan fingerprint density at radius 2 is 1.92 bits per heavy atom. The molecule has 0 bridgehead atoms. The fourth-order valence-electron chi connectivity index (χ4n) is 0.550. The Balaban J connectivity index is 4.11. The minimum absolute atomic E-state index is 0.121. The fraction of sp³-hybridized carbons (Fsp3) is 0.889. The Hall–Kier alpha value is -0.193. The Morgan fingerprint density at radius 3 is 2.23 bits per heavy atom. The van der Waals surface area contributed by atoms with Crippen molar-refractivity contribution < 1.29 is 14.3 Å². The molecule has 13 heavy (non-hydrogen) atoms. The van der Waals surface area contributed by atoms with Crippen molar-refractivity contribution >= 4 is 14.6 Å². The van der Waals surface area contributed by atoms with Gasteiger partial charge in [0.25, 0.3) is 0 Å². The minimum Gasteiger partial charge on any atom is -0.414 e. The van der Waals surface area contributed by atoms with E-state index in [1.54, 1.807) is 0 Å². The largest absolute Gasteiger partial charge is 0.414 e. The van der Waals surface area contributed by atoms with Gasteiger partial charge in [0, 0.05) is 0 Å². The van der Waals surface area contributed by atoms with E-state index >= 15 is 0 Å². The van der Waals surface area contributed by atoms with Crippen LogP contribution in [0.15, 0.2) is 0 Å². The van der Waals surface area contributed by atoms with Gasteiger partial charge in [-0.3, -0.25) is 0 Å². The van der Waals surface area contributed by atoms with Gasteiger partial charge < -0.3 is 14.3 Å². The topological polar surface area (TPSA) is 46.5 Å². The van der Waals surface area contributed by atoms with Crippen molar-refractivity contribution in [3.63, 3.8) is 0 Å². The molecule has 0 aliphatic heterocycles. The van der Waals surface area contributed by atoms with Crippen LogP contribution >= 0.6 is 0 Å². The molecule has 4 heteroatoms. The monoisotopic (exact) mass is 204 g/mol. The molecular formula is C9H20O3Si. The number of hydrogen-bond acceptors (Lipinski definition) is 3. The molecule has 0 spiro atoms. The van der Waals surface area contributed by atoms with Crippen LogP contribution in [-0.4, -0.2) is 32.4 Å². The molecule has 1 N–H and O–H groups in total. The summed E-state index contributed by atoms with van der Waals surface area (Å²) in [6, 6.07) is 0. The van der Waals surface area contributed by atoms with Crippen LogP contribution < -0.4 is 0 Å². The summed E-state index contributed by atoms with van der Waals surface area (Å²) in [6.07, 6.45) is -0.471. The summed E-state index contributed by atoms with van der Waals surface area (Å²) in [5, 5.41) is 9.14. The van der Waals surface area contributed by atoms with Gasteiger partial charge in [-0.1, -0.05) is 20.8 Å². The number of carbonyl (C=O) groups is 1. The second-order valence-corrected chi connectivity index (χ2v) is 9.58. The van der Waals surface area contributed by atoms with Gasteiger partial charge in [-0.25, -0.2) is 0 Å². The third-order valence-corrected chi connectivity index (χ3v) is 7.08. The molecule has 0 aromatic carbocycles. The Morgan fingerprint density at radius 1 is 1.46 bits per heavy atom. The van der Waals surface area contributed by atoms with E-state index in [1.807, 2.05) is 0 Å². The molecule has 0 aliphatic carbocycles. The molecule has 0 saturated carbocycles. The summed E-state index contributed by atoms with van der Waals surface area (Å²) in [4.78, 5) is 10.2. The molecule has 0 saturated heterocycles. The molecule has 0 aromatic rings. The van der Waals surface area contributed by atoms with Crippen molar-refractivity contribution in [2.45, 2.75) is 45.0 Å². The maximum Gasteiger partial charge on any atom is 0.192 e. The number of hydrogen-bond donors (Lipinski definition) is 1. The molecule has 0 rings (SSSR count). The first-order chi connectivity index (χ1) is 5.70. The minimum atomic E-state index is -1.80. The second-order valence-electron chi connectivity index (χ2n) is 4.77. The zero-order chi connectivity index (χ0) is 10.7. The van der Waals surface area contributed by atoms with Crippen LogP contribution in [0.25, 0.3) is 0 Å². The lowest BCUT2D eigenvalue weighted by Crippen LogP contribution is -2.42. The first-order valence-electron chi connectivity index (χ1n) is 4.48. The molecule has 0 aromatic heterocycles. The van der Waals surface area contributed by atoms with E-state index in [0.29, 0.717) is 6.29 Å². The predicted octanol–water partition coefficient (Wildman–Crippen LogP) is 1.57. The molecule has 0 radical (unpaired) electrons. The van der Waals surface area contributed by atoms with E-state index in [2.05, 4.69) is 33.9 Å². The Bertz CT molecular complexity index is 172. The summed E-state index contributed by atoms with van der Waals surface area (Å²) >= 11 is 0. The Kier molecular flexibility index (Phi) is 4.28. The molecule has 0 heterocycles. The molecule has 1 atom stereocenters. The van der Waals surface area contributed by atoms with Gasteiger partial charge in [0.1, 0.15) is 6.10 Å². The summed E-state index contributed by atoms with van der Waals surface area (Å²) in [7, 11) is -1.80. The van der Waals surface area contributed by atoms with E-state index in [1.165, 1.54) is 0 Å². The van der Waals surface area contributed by atoms with Crippen molar-refractivity contribution in [2.75, 3.05) is 6.61 Å². The maximum atomic E-state index is 10.2. The van der Waals surface area contributed by atoms with E-state index in [4.69, 9.17) is 9.53 Å². The van der Waals surface area contributed by atoms with Gasteiger partial charge in [0.15, 0.2) is 14.6 Å². The van der Waals surface area contributed by atoms with Crippen molar-refractivity contribution in [2.24, 2.45) is 0 Å². The SMILES string of the molecule is CC(C)(C)[Si](C)(C)OCC(O)C=O. The maximum absolute atomic E-state index is 10.2. The zero-order valence-electron chi connectivity index (χ0n) is 9.13. The highest BCUT2D eigenvalue weighted by Crippen LogP contribution is 2.36. The summed E-state index contributed by atoms with van der Waals surface area (Å²) in [6.45, 7) is 10.7. The van der Waals surface area contributed by atoms with Crippen LogP contribution in [0.3, 0.4) is 0 Å². The molecule has 78 valence electrons. The Labute approximate surface area is 81.2 Å². The second kappa shape index (κ2) is 4.35. The standard InChI is InChI=1S/C9H20O3Si/c1-9(2,3)13(4,5)12-7-8(11)6-10/h6,8,11H,7H2,1-5H3. The van der Waals surface area contributed by atoms with Crippen LogP contribution in [0, 0.1) is 0 Å². The van der Waals surface area contributed by atoms with Crippen molar-refractivity contribution in [1.82, 2.24) is 0 Å². The molecular weight excluding hydrogens is 184 g/mol. The average Bonchev–Trinajstić information content (AvgIpc) is 1.98. The summed E-state index contributed by atoms with van der Waals surface area (Å²) in [5.74, 6) is 0. The summed E-state index contributed by atoms with van der Waals surface area (Å²) in [5.41, 5.74) is 0. The van der Waals surface area contributed by atoms with Crippen LogP contribution in [-0.2, 0) is 9.22 Å². The van der Waals surface area contributed by atoms with Gasteiger partial charge in [-0.15, -0.1) is 0 Å². The highest BCUT2D eigenvalue weighted by molar-refractivity contribution is 6.74. The third-order valence-electron chi connectivity index (χ3n) is 2.58. The van der Waals surface area contributed by atoms with Gasteiger partial charge in [-0.2, -0.15) is 0 Å². The lowest BCUT2D eigenvalue weighted by Gasteiger charge is -2.36. The van der Waals surface area contributed by atoms with E-state index in [9.17, 15) is 4.79 Å². The van der Waals surface area contributed by atoms with Crippen molar-refractivity contribution in [1.29, 1.82) is 0 Å². The van der Waals surface area contributed by atoms with Gasteiger partial charge in [0.2, 0.25) is 0 Å². The quantitative estimate of drug-likeness (QED) is 0.558. The van der Waals surface area contributed by atoms with E-state index in [-0.39, 0.29) is 11.6 Å². The normalized spacial score (nSPS) is 15.5. The number of aliphatic hydroxyl groups excluding tert-OH is 1. The lowest BCUT2D eigenvalue weighted by atomic mass is 10.2. The van der Waals surface area contributed by atoms with E-state index < -0.39 is 14.4 Å². The predicted molar refractivity (Wildman–Crippen MR) is 55.2 cm³/mol. The zero-order valence-corrected chi connectivity index (χ0v) is 10.1. The van der Waals surface area contributed by atoms with Crippen LogP contribution in [0.2, 0.25) is 18.1 Å². The lowest BCUT2D eigenvalue weighted by molar-refractivity contribution is -0.116. The number of aliphatic hydroxyl groups is 1. The van der Waals surface area contributed by atoms with Gasteiger partial charge in [0.05, 0.1) is 6.61 Å². The van der Waals surface area contributed by atoms with Gasteiger partial charge >= 0.3 is 0 Å². The first kappa shape index (κ1) is 12.8. The van der Waals surface area contributed by atoms with E-state index in [0.717, 1.165) is 0 Å². The molecule has 3 nitrogen and oxygen atoms in total. The fourth-order valence-corrected chi connectivity index (χ4v) is 1.57. The van der Waals surface area contributed by atoms with Crippen molar-refractivity contribution in [3.05, 3.63) is 0 Å². The smallest absolute Gasteiger partial charge is 0.192 e. The summed E-state index contributed by atoms with van der Waals surface area (Å²) < 4.78 is 5.60. The number of rotatable bonds is 4. The molecule has 0 amide bonds. The number of carbonyl (C=O) groups excluding carboxylic acids is 1. The molecule has 0 fully saturated rings. The van der Waals surface area contributed by atoms with Crippen molar-refractivity contribution in [3.8, 4) is 0 Å². The molecule has 0 aliphatic rings. The highest BCUT2D eigenvalue weighted by Gasteiger charge is 2.37. The van der Waals surface area contributed by atoms with Crippen LogP contribution in [0.4, 0.5) is 0 Å². The first-order valence-corrected chi connectivity index (χ1v) is 7.39. The van der Waals surface area contributed by atoms with Gasteiger partial charge in [-0.05, 0) is 18.1 Å². The van der Waals surface area contributed by atoms with Crippen LogP contribution in [0.5, 0.6) is 0 Å².